The zero-order valence-electron chi connectivity index (χ0n) is 13.7. The molecule has 0 aliphatic heterocycles. The van der Waals surface area contributed by atoms with Crippen LogP contribution in [0.25, 0.3) is 0 Å². The SMILES string of the molecule is COCc1cccc(OC(CNC(C)(C)C)C(C)C)c1. The fourth-order valence-corrected chi connectivity index (χ4v) is 1.87. The Hall–Kier alpha value is -1.06. The summed E-state index contributed by atoms with van der Waals surface area (Å²) < 4.78 is 11.3. The first-order valence-corrected chi connectivity index (χ1v) is 7.31. The van der Waals surface area contributed by atoms with Crippen molar-refractivity contribution in [3.63, 3.8) is 0 Å². The van der Waals surface area contributed by atoms with E-state index in [1.807, 2.05) is 18.2 Å². The van der Waals surface area contributed by atoms with E-state index >= 15 is 0 Å². The highest BCUT2D eigenvalue weighted by molar-refractivity contribution is 5.28. The Morgan fingerprint density at radius 2 is 1.90 bits per heavy atom. The molecule has 1 rings (SSSR count). The van der Waals surface area contributed by atoms with E-state index in [2.05, 4.69) is 46.0 Å². The van der Waals surface area contributed by atoms with Gasteiger partial charge < -0.3 is 14.8 Å². The molecule has 0 aliphatic rings. The molecule has 20 heavy (non-hydrogen) atoms. The van der Waals surface area contributed by atoms with Gasteiger partial charge in [-0.15, -0.1) is 0 Å². The summed E-state index contributed by atoms with van der Waals surface area (Å²) in [6, 6.07) is 8.12. The third-order valence-corrected chi connectivity index (χ3v) is 3.07. The number of hydrogen-bond acceptors (Lipinski definition) is 3. The van der Waals surface area contributed by atoms with Crippen LogP contribution in [0.15, 0.2) is 24.3 Å². The van der Waals surface area contributed by atoms with Crippen LogP contribution in [0.1, 0.15) is 40.2 Å². The van der Waals surface area contributed by atoms with Crippen LogP contribution in [0.5, 0.6) is 5.75 Å². The second kappa shape index (κ2) is 7.65. The maximum Gasteiger partial charge on any atom is 0.120 e. The Morgan fingerprint density at radius 3 is 2.45 bits per heavy atom. The minimum absolute atomic E-state index is 0.106. The van der Waals surface area contributed by atoms with E-state index in [9.17, 15) is 0 Å². The van der Waals surface area contributed by atoms with Gasteiger partial charge in [-0.3, -0.25) is 0 Å². The average molecular weight is 279 g/mol. The first kappa shape index (κ1) is 17.0. The fourth-order valence-electron chi connectivity index (χ4n) is 1.87. The number of methoxy groups -OCH3 is 1. The summed E-state index contributed by atoms with van der Waals surface area (Å²) in [7, 11) is 1.71. The van der Waals surface area contributed by atoms with Gasteiger partial charge in [0, 0.05) is 19.2 Å². The molecule has 114 valence electrons. The number of rotatable bonds is 7. The topological polar surface area (TPSA) is 30.5 Å². The van der Waals surface area contributed by atoms with Crippen molar-refractivity contribution in [3.8, 4) is 5.75 Å². The quantitative estimate of drug-likeness (QED) is 0.827. The smallest absolute Gasteiger partial charge is 0.120 e. The molecule has 0 bridgehead atoms. The predicted octanol–water partition coefficient (Wildman–Crippen LogP) is 3.62. The summed E-state index contributed by atoms with van der Waals surface area (Å²) in [6.07, 6.45) is 0.159. The molecule has 1 aromatic rings. The van der Waals surface area contributed by atoms with Crippen molar-refractivity contribution in [2.24, 2.45) is 5.92 Å². The van der Waals surface area contributed by atoms with Gasteiger partial charge in [0.2, 0.25) is 0 Å². The Kier molecular flexibility index (Phi) is 6.50. The highest BCUT2D eigenvalue weighted by Crippen LogP contribution is 2.18. The molecular weight excluding hydrogens is 250 g/mol. The normalized spacial score (nSPS) is 13.6. The van der Waals surface area contributed by atoms with Crippen LogP contribution in [0, 0.1) is 5.92 Å². The Labute approximate surface area is 123 Å². The lowest BCUT2D eigenvalue weighted by Crippen LogP contribution is -2.44. The minimum atomic E-state index is 0.106. The molecule has 0 saturated heterocycles. The monoisotopic (exact) mass is 279 g/mol. The molecule has 0 amide bonds. The van der Waals surface area contributed by atoms with Crippen LogP contribution in [0.4, 0.5) is 0 Å². The number of nitrogens with one attached hydrogen (secondary N) is 1. The van der Waals surface area contributed by atoms with Gasteiger partial charge in [-0.05, 0) is 44.4 Å². The standard InChI is InChI=1S/C17H29NO2/c1-13(2)16(11-18-17(3,4)5)20-15-9-7-8-14(10-15)12-19-6/h7-10,13,16,18H,11-12H2,1-6H3. The summed E-state index contributed by atoms with van der Waals surface area (Å²) in [5, 5.41) is 3.51. The third-order valence-electron chi connectivity index (χ3n) is 3.07. The zero-order valence-corrected chi connectivity index (χ0v) is 13.7. The molecule has 1 unspecified atom stereocenters. The van der Waals surface area contributed by atoms with E-state index in [0.29, 0.717) is 12.5 Å². The van der Waals surface area contributed by atoms with E-state index in [1.165, 1.54) is 0 Å². The van der Waals surface area contributed by atoms with Crippen molar-refractivity contribution in [2.75, 3.05) is 13.7 Å². The first-order valence-electron chi connectivity index (χ1n) is 7.31. The molecule has 0 radical (unpaired) electrons. The van der Waals surface area contributed by atoms with Crippen LogP contribution in [0.2, 0.25) is 0 Å². The largest absolute Gasteiger partial charge is 0.489 e. The van der Waals surface area contributed by atoms with E-state index < -0.39 is 0 Å². The molecule has 3 heteroatoms. The molecule has 0 heterocycles. The summed E-state index contributed by atoms with van der Waals surface area (Å²) in [6.45, 7) is 12.3. The third kappa shape index (κ3) is 6.40. The van der Waals surface area contributed by atoms with Gasteiger partial charge in [0.15, 0.2) is 0 Å². The number of ether oxygens (including phenoxy) is 2. The highest BCUT2D eigenvalue weighted by Gasteiger charge is 2.18. The maximum absolute atomic E-state index is 6.14. The second-order valence-electron chi connectivity index (χ2n) is 6.61. The van der Waals surface area contributed by atoms with Crippen LogP contribution >= 0.6 is 0 Å². The average Bonchev–Trinajstić information content (AvgIpc) is 2.34. The van der Waals surface area contributed by atoms with E-state index in [4.69, 9.17) is 9.47 Å². The van der Waals surface area contributed by atoms with Crippen molar-refractivity contribution in [1.82, 2.24) is 5.32 Å². The molecule has 1 atom stereocenters. The van der Waals surface area contributed by atoms with E-state index in [1.54, 1.807) is 7.11 Å². The summed E-state index contributed by atoms with van der Waals surface area (Å²) in [5.74, 6) is 1.37. The van der Waals surface area contributed by atoms with Gasteiger partial charge in [0.1, 0.15) is 11.9 Å². The van der Waals surface area contributed by atoms with Crippen molar-refractivity contribution < 1.29 is 9.47 Å². The fraction of sp³-hybridized carbons (Fsp3) is 0.647. The number of benzene rings is 1. The minimum Gasteiger partial charge on any atom is -0.489 e. The molecule has 1 N–H and O–H groups in total. The van der Waals surface area contributed by atoms with Crippen molar-refractivity contribution >= 4 is 0 Å². The molecule has 0 spiro atoms. The lowest BCUT2D eigenvalue weighted by Gasteiger charge is -2.28. The van der Waals surface area contributed by atoms with Crippen molar-refractivity contribution in [2.45, 2.75) is 52.9 Å². The van der Waals surface area contributed by atoms with Gasteiger partial charge in [0.25, 0.3) is 0 Å². The molecule has 3 nitrogen and oxygen atoms in total. The molecular formula is C17H29NO2. The van der Waals surface area contributed by atoms with Gasteiger partial charge in [-0.2, -0.15) is 0 Å². The Bertz CT molecular complexity index is 396. The van der Waals surface area contributed by atoms with E-state index in [0.717, 1.165) is 17.9 Å². The molecule has 0 aromatic heterocycles. The first-order chi connectivity index (χ1) is 9.31. The molecule has 1 aromatic carbocycles. The summed E-state index contributed by atoms with van der Waals surface area (Å²) in [5.41, 5.74) is 1.24. The van der Waals surface area contributed by atoms with Crippen LogP contribution in [-0.4, -0.2) is 25.3 Å². The Morgan fingerprint density at radius 1 is 1.20 bits per heavy atom. The van der Waals surface area contributed by atoms with E-state index in [-0.39, 0.29) is 11.6 Å². The molecule has 0 saturated carbocycles. The highest BCUT2D eigenvalue weighted by atomic mass is 16.5. The van der Waals surface area contributed by atoms with Crippen LogP contribution < -0.4 is 10.1 Å². The lowest BCUT2D eigenvalue weighted by atomic mass is 10.0. The Balaban J connectivity index is 2.67. The van der Waals surface area contributed by atoms with Crippen LogP contribution in [0.3, 0.4) is 0 Å². The maximum atomic E-state index is 6.14. The van der Waals surface area contributed by atoms with Gasteiger partial charge in [0.05, 0.1) is 6.61 Å². The second-order valence-corrected chi connectivity index (χ2v) is 6.61. The molecule has 0 aliphatic carbocycles. The van der Waals surface area contributed by atoms with Gasteiger partial charge in [-0.1, -0.05) is 26.0 Å². The predicted molar refractivity (Wildman–Crippen MR) is 84.2 cm³/mol. The zero-order chi connectivity index (χ0) is 15.2. The van der Waals surface area contributed by atoms with Gasteiger partial charge >= 0.3 is 0 Å². The summed E-state index contributed by atoms with van der Waals surface area (Å²) in [4.78, 5) is 0. The number of hydrogen-bond donors (Lipinski definition) is 1. The van der Waals surface area contributed by atoms with Crippen molar-refractivity contribution in [3.05, 3.63) is 29.8 Å². The van der Waals surface area contributed by atoms with Crippen LogP contribution in [-0.2, 0) is 11.3 Å². The molecule has 0 fully saturated rings. The summed E-state index contributed by atoms with van der Waals surface area (Å²) >= 11 is 0. The van der Waals surface area contributed by atoms with Crippen molar-refractivity contribution in [1.29, 1.82) is 0 Å². The lowest BCUT2D eigenvalue weighted by molar-refractivity contribution is 0.139. The van der Waals surface area contributed by atoms with Gasteiger partial charge in [-0.25, -0.2) is 0 Å².